The van der Waals surface area contributed by atoms with Gasteiger partial charge in [-0.3, -0.25) is 0 Å². The molecule has 0 amide bonds. The van der Waals surface area contributed by atoms with Crippen LogP contribution in [-0.2, 0) is 5.41 Å². The summed E-state index contributed by atoms with van der Waals surface area (Å²) in [6.45, 7) is 0. The van der Waals surface area contributed by atoms with Crippen LogP contribution in [0.25, 0.3) is 94.3 Å². The Bertz CT molecular complexity index is 4560. The van der Waals surface area contributed by atoms with Crippen LogP contribution in [0.4, 0.5) is 17.1 Å². The molecule has 0 unspecified atom stereocenters. The fourth-order valence-electron chi connectivity index (χ4n) is 13.2. The van der Waals surface area contributed by atoms with Crippen molar-refractivity contribution in [2.45, 2.75) is 5.41 Å². The van der Waals surface area contributed by atoms with Crippen LogP contribution in [0, 0.1) is 0 Å². The smallest absolute Gasteiger partial charge is 0.0713 e. The molecule has 1 aromatic heterocycles. The maximum atomic E-state index is 2.46. The molecule has 0 saturated carbocycles. The highest BCUT2D eigenvalue weighted by Crippen LogP contribution is 2.57. The number of nitrogens with zero attached hydrogens (tertiary/aromatic N) is 2. The quantitative estimate of drug-likeness (QED) is 0.125. The molecule has 0 N–H and O–H groups in total. The number of hydrogen-bond donors (Lipinski definition) is 0. The van der Waals surface area contributed by atoms with Gasteiger partial charge in [-0.1, -0.05) is 267 Å². The Morgan fingerprint density at radius 2 is 0.704 bits per heavy atom. The maximum Gasteiger partial charge on any atom is 0.0713 e. The van der Waals surface area contributed by atoms with Gasteiger partial charge in [0, 0.05) is 33.4 Å². The van der Waals surface area contributed by atoms with Crippen molar-refractivity contribution in [2.75, 3.05) is 4.90 Å². The van der Waals surface area contributed by atoms with Crippen molar-refractivity contribution in [1.82, 2.24) is 4.57 Å². The van der Waals surface area contributed by atoms with E-state index < -0.39 is 5.41 Å². The first-order valence-corrected chi connectivity index (χ1v) is 28.0. The minimum atomic E-state index is -0.487. The summed E-state index contributed by atoms with van der Waals surface area (Å²) in [7, 11) is 0. The summed E-state index contributed by atoms with van der Waals surface area (Å²) in [4.78, 5) is 2.44. The lowest BCUT2D eigenvalue weighted by Gasteiger charge is -2.34. The van der Waals surface area contributed by atoms with Crippen molar-refractivity contribution in [1.29, 1.82) is 0 Å². The van der Waals surface area contributed by atoms with E-state index in [1.807, 2.05) is 0 Å². The fourth-order valence-corrected chi connectivity index (χ4v) is 13.2. The lowest BCUT2D eigenvalue weighted by molar-refractivity contribution is 0.769. The Morgan fingerprint density at radius 1 is 0.259 bits per heavy atom. The Hall–Kier alpha value is -10.5. The van der Waals surface area contributed by atoms with E-state index >= 15 is 0 Å². The first-order valence-electron chi connectivity index (χ1n) is 28.0. The summed E-state index contributed by atoms with van der Waals surface area (Å²) in [5.41, 5.74) is 25.7. The summed E-state index contributed by atoms with van der Waals surface area (Å²) in [6, 6.07) is 120. The van der Waals surface area contributed by atoms with Crippen LogP contribution in [0.2, 0.25) is 0 Å². The van der Waals surface area contributed by atoms with Gasteiger partial charge in [0.2, 0.25) is 0 Å². The van der Waals surface area contributed by atoms with Gasteiger partial charge in [0.15, 0.2) is 0 Å². The number of rotatable bonds is 11. The molecule has 2 nitrogen and oxygen atoms in total. The minimum absolute atomic E-state index is 0.487. The SMILES string of the molecule is c1ccc(-c2ccccc2-c2ccccc2-c2ccccc2N(c2ccc(-c3ccc4c(c3)C(c3ccccc3)(c3ccccc3)c3ccccc3-4)cc2)c2ccc(-c3cccc4c3c3ccccc3n4-c3ccccc3)cc2)cc1. The second-order valence-corrected chi connectivity index (χ2v) is 21.1. The highest BCUT2D eigenvalue weighted by Gasteiger charge is 2.46. The molecule has 0 aliphatic heterocycles. The zero-order chi connectivity index (χ0) is 53.7. The molecule has 2 heteroatoms. The van der Waals surface area contributed by atoms with E-state index in [4.69, 9.17) is 0 Å². The van der Waals surface area contributed by atoms with Crippen LogP contribution < -0.4 is 4.90 Å². The molecule has 15 rings (SSSR count). The van der Waals surface area contributed by atoms with Crippen molar-refractivity contribution in [3.05, 3.63) is 350 Å². The molecule has 1 aliphatic carbocycles. The highest BCUT2D eigenvalue weighted by atomic mass is 15.1. The van der Waals surface area contributed by atoms with Gasteiger partial charge in [-0.15, -0.1) is 0 Å². The molecular formula is C79H54N2. The van der Waals surface area contributed by atoms with Crippen molar-refractivity contribution in [3.63, 3.8) is 0 Å². The van der Waals surface area contributed by atoms with Gasteiger partial charge in [0.05, 0.1) is 22.1 Å². The summed E-state index contributed by atoms with van der Waals surface area (Å²) < 4.78 is 2.39. The molecule has 0 atom stereocenters. The Kier molecular flexibility index (Phi) is 11.8. The molecule has 0 spiro atoms. The van der Waals surface area contributed by atoms with Crippen LogP contribution in [0.3, 0.4) is 0 Å². The van der Waals surface area contributed by atoms with Gasteiger partial charge in [-0.2, -0.15) is 0 Å². The van der Waals surface area contributed by atoms with Crippen molar-refractivity contribution < 1.29 is 0 Å². The molecule has 380 valence electrons. The number of anilines is 3. The van der Waals surface area contributed by atoms with Crippen LogP contribution in [0.5, 0.6) is 0 Å². The zero-order valence-corrected chi connectivity index (χ0v) is 44.6. The maximum absolute atomic E-state index is 2.46. The Balaban J connectivity index is 0.885. The van der Waals surface area contributed by atoms with E-state index in [9.17, 15) is 0 Å². The van der Waals surface area contributed by atoms with Gasteiger partial charge in [0.25, 0.3) is 0 Å². The third-order valence-corrected chi connectivity index (χ3v) is 16.7. The summed E-state index contributed by atoms with van der Waals surface area (Å²) in [5, 5.41) is 2.48. The fraction of sp³-hybridized carbons (Fsp3) is 0.0127. The molecule has 1 heterocycles. The predicted molar refractivity (Wildman–Crippen MR) is 340 cm³/mol. The number of hydrogen-bond acceptors (Lipinski definition) is 1. The van der Waals surface area contributed by atoms with E-state index in [0.717, 1.165) is 45.0 Å². The van der Waals surface area contributed by atoms with Crippen molar-refractivity contribution in [2.24, 2.45) is 0 Å². The van der Waals surface area contributed by atoms with E-state index in [0.29, 0.717) is 0 Å². The van der Waals surface area contributed by atoms with E-state index in [2.05, 4.69) is 337 Å². The average molecular weight is 1030 g/mol. The van der Waals surface area contributed by atoms with Gasteiger partial charge in [0.1, 0.15) is 0 Å². The van der Waals surface area contributed by atoms with E-state index in [-0.39, 0.29) is 0 Å². The van der Waals surface area contributed by atoms with Crippen molar-refractivity contribution in [3.8, 4) is 72.4 Å². The number of benzene rings is 13. The first-order chi connectivity index (χ1) is 40.2. The molecular weight excluding hydrogens is 977 g/mol. The molecule has 1 aliphatic rings. The normalized spacial score (nSPS) is 12.3. The standard InChI is InChI=1S/C79H54N2/c1-5-24-56(25-6-1)64-32-13-14-33-66(64)67-34-15-16-35-68(67)71-37-18-21-41-75(71)80(63-51-46-57(47-52-63)65-39-23-43-77-78(65)72-38-19-22-42-76(72)81(77)61-30-11-4-12-31-61)62-49-44-55(45-50-62)58-48-53-70-69-36-17-20-40-73(69)79(74(70)54-58,59-26-7-2-8-27-59)60-28-9-3-10-29-60/h1-54H. The lowest BCUT2D eigenvalue weighted by atomic mass is 9.67. The average Bonchev–Trinajstić information content (AvgIpc) is 3.63. The third kappa shape index (κ3) is 7.95. The van der Waals surface area contributed by atoms with E-state index in [1.54, 1.807) is 0 Å². The van der Waals surface area contributed by atoms with Gasteiger partial charge >= 0.3 is 0 Å². The van der Waals surface area contributed by atoms with Crippen LogP contribution >= 0.6 is 0 Å². The molecule has 13 aromatic carbocycles. The summed E-state index contributed by atoms with van der Waals surface area (Å²) in [5.74, 6) is 0. The largest absolute Gasteiger partial charge is 0.310 e. The lowest BCUT2D eigenvalue weighted by Crippen LogP contribution is -2.28. The second kappa shape index (κ2) is 20.0. The topological polar surface area (TPSA) is 8.17 Å². The third-order valence-electron chi connectivity index (χ3n) is 16.7. The van der Waals surface area contributed by atoms with Crippen molar-refractivity contribution >= 4 is 38.9 Å². The van der Waals surface area contributed by atoms with Gasteiger partial charge in [-0.05, 0) is 144 Å². The number of aromatic nitrogens is 1. The Labute approximate surface area is 473 Å². The van der Waals surface area contributed by atoms with Gasteiger partial charge in [-0.25, -0.2) is 0 Å². The zero-order valence-electron chi connectivity index (χ0n) is 44.6. The molecule has 0 saturated heterocycles. The highest BCUT2D eigenvalue weighted by molar-refractivity contribution is 6.16. The number of para-hydroxylation sites is 3. The molecule has 0 fully saturated rings. The van der Waals surface area contributed by atoms with Crippen LogP contribution in [-0.4, -0.2) is 4.57 Å². The van der Waals surface area contributed by atoms with E-state index in [1.165, 1.54) is 88.6 Å². The monoisotopic (exact) mass is 1030 g/mol. The Morgan fingerprint density at radius 3 is 1.37 bits per heavy atom. The van der Waals surface area contributed by atoms with Gasteiger partial charge < -0.3 is 9.47 Å². The second-order valence-electron chi connectivity index (χ2n) is 21.1. The summed E-state index contributed by atoms with van der Waals surface area (Å²) in [6.07, 6.45) is 0. The predicted octanol–water partition coefficient (Wildman–Crippen LogP) is 21.0. The molecule has 14 aromatic rings. The molecule has 81 heavy (non-hydrogen) atoms. The first kappa shape index (κ1) is 47.7. The van der Waals surface area contributed by atoms with Crippen LogP contribution in [0.15, 0.2) is 328 Å². The molecule has 0 radical (unpaired) electrons. The van der Waals surface area contributed by atoms with Crippen LogP contribution in [0.1, 0.15) is 22.3 Å². The molecule has 0 bridgehead atoms. The summed E-state index contributed by atoms with van der Waals surface area (Å²) >= 11 is 0. The number of fused-ring (bicyclic) bond motifs is 6. The minimum Gasteiger partial charge on any atom is -0.310 e.